The Kier molecular flexibility index (Phi) is 10.7. The Morgan fingerprint density at radius 1 is 0.786 bits per heavy atom. The molecule has 216 valence electrons. The third-order valence-corrected chi connectivity index (χ3v) is 6.50. The van der Waals surface area contributed by atoms with E-state index >= 15 is 0 Å². The molecule has 1 aliphatic heterocycles. The van der Waals surface area contributed by atoms with Crippen LogP contribution in [-0.4, -0.2) is 50.7 Å². The lowest BCUT2D eigenvalue weighted by atomic mass is 10.1. The van der Waals surface area contributed by atoms with E-state index in [-0.39, 0.29) is 6.10 Å². The summed E-state index contributed by atoms with van der Waals surface area (Å²) in [5.74, 6) is 9.21. The molecule has 3 aromatic carbocycles. The van der Waals surface area contributed by atoms with Crippen LogP contribution < -0.4 is 18.9 Å². The van der Waals surface area contributed by atoms with Crippen molar-refractivity contribution < 1.29 is 28.4 Å². The minimum atomic E-state index is -0.139. The smallest absolute Gasteiger partial charge is 0.218 e. The first-order chi connectivity index (χ1) is 20.8. The van der Waals surface area contributed by atoms with E-state index in [0.29, 0.717) is 70.0 Å². The summed E-state index contributed by atoms with van der Waals surface area (Å²) >= 11 is 0. The Morgan fingerprint density at radius 2 is 1.50 bits per heavy atom. The minimum Gasteiger partial charge on any atom is -0.490 e. The second-order valence-corrected chi connectivity index (χ2v) is 9.58. The first kappa shape index (κ1) is 29.0. The van der Waals surface area contributed by atoms with Crippen LogP contribution in [0, 0.1) is 11.8 Å². The molecule has 1 aromatic heterocycles. The van der Waals surface area contributed by atoms with Crippen molar-refractivity contribution in [3.05, 3.63) is 113 Å². The van der Waals surface area contributed by atoms with Gasteiger partial charge < -0.3 is 28.4 Å². The average Bonchev–Trinajstić information content (AvgIpc) is 3.05. The molecule has 42 heavy (non-hydrogen) atoms. The minimum absolute atomic E-state index is 0.139. The number of benzene rings is 3. The summed E-state index contributed by atoms with van der Waals surface area (Å²) in [5, 5.41) is 0. The normalized spacial score (nSPS) is 14.4. The molecule has 0 N–H and O–H groups in total. The molecule has 0 bridgehead atoms. The molecule has 1 saturated heterocycles. The van der Waals surface area contributed by atoms with Crippen LogP contribution in [0.5, 0.6) is 23.1 Å². The van der Waals surface area contributed by atoms with E-state index in [0.717, 1.165) is 28.2 Å². The molecule has 0 spiro atoms. The van der Waals surface area contributed by atoms with Gasteiger partial charge in [-0.05, 0) is 54.3 Å². The highest BCUT2D eigenvalue weighted by molar-refractivity contribution is 5.50. The Morgan fingerprint density at radius 3 is 2.19 bits per heavy atom. The lowest BCUT2D eigenvalue weighted by Gasteiger charge is -2.23. The van der Waals surface area contributed by atoms with Gasteiger partial charge in [0.2, 0.25) is 5.88 Å². The fourth-order valence-electron chi connectivity index (χ4n) is 4.32. The number of nitrogens with zero attached hydrogens (tertiary/aromatic N) is 1. The molecule has 0 saturated carbocycles. The number of para-hydroxylation sites is 1. The van der Waals surface area contributed by atoms with Gasteiger partial charge in [0.25, 0.3) is 0 Å². The molecule has 1 fully saturated rings. The van der Waals surface area contributed by atoms with Crippen LogP contribution in [0.3, 0.4) is 0 Å². The quantitative estimate of drug-likeness (QED) is 0.157. The summed E-state index contributed by atoms with van der Waals surface area (Å²) in [5.41, 5.74) is 3.48. The Hall–Kier alpha value is -4.51. The van der Waals surface area contributed by atoms with Crippen LogP contribution in [0.4, 0.5) is 0 Å². The molecule has 7 nitrogen and oxygen atoms in total. The molecule has 2 heterocycles. The van der Waals surface area contributed by atoms with Crippen LogP contribution in [0.15, 0.2) is 91.0 Å². The maximum Gasteiger partial charge on any atom is 0.218 e. The predicted molar refractivity (Wildman–Crippen MR) is 160 cm³/mol. The topological polar surface area (TPSA) is 68.3 Å². The highest BCUT2D eigenvalue weighted by atomic mass is 16.6. The number of hydrogen-bond acceptors (Lipinski definition) is 7. The van der Waals surface area contributed by atoms with Crippen LogP contribution in [-0.2, 0) is 22.5 Å². The van der Waals surface area contributed by atoms with E-state index in [1.165, 1.54) is 0 Å². The second kappa shape index (κ2) is 15.5. The van der Waals surface area contributed by atoms with Gasteiger partial charge in [0.1, 0.15) is 55.5 Å². The summed E-state index contributed by atoms with van der Waals surface area (Å²) in [6.07, 6.45) is 0.569. The third-order valence-electron chi connectivity index (χ3n) is 6.50. The molecule has 0 radical (unpaired) electrons. The van der Waals surface area contributed by atoms with E-state index in [9.17, 15) is 0 Å². The van der Waals surface area contributed by atoms with Crippen molar-refractivity contribution >= 4 is 0 Å². The largest absolute Gasteiger partial charge is 0.490 e. The molecular weight excluding hydrogens is 530 g/mol. The van der Waals surface area contributed by atoms with E-state index in [1.54, 1.807) is 0 Å². The highest BCUT2D eigenvalue weighted by Crippen LogP contribution is 2.28. The lowest BCUT2D eigenvalue weighted by Crippen LogP contribution is -2.33. The molecule has 1 unspecified atom stereocenters. The van der Waals surface area contributed by atoms with Crippen molar-refractivity contribution in [1.82, 2.24) is 4.98 Å². The van der Waals surface area contributed by atoms with Gasteiger partial charge in [-0.3, -0.25) is 0 Å². The van der Waals surface area contributed by atoms with Gasteiger partial charge in [-0.1, -0.05) is 61.4 Å². The van der Waals surface area contributed by atoms with Crippen molar-refractivity contribution in [3.8, 4) is 35.0 Å². The summed E-state index contributed by atoms with van der Waals surface area (Å²) in [6.45, 7) is 5.40. The zero-order valence-corrected chi connectivity index (χ0v) is 23.8. The SMILES string of the molecule is CCc1c(OCc2ccccc2)cc(OCC2COCCO2)nc1C#Cc1ccc(OCCOc2ccccc2)cc1. The molecule has 0 aliphatic carbocycles. The van der Waals surface area contributed by atoms with Gasteiger partial charge in [0.15, 0.2) is 0 Å². The zero-order chi connectivity index (χ0) is 28.8. The van der Waals surface area contributed by atoms with Gasteiger partial charge in [-0.2, -0.15) is 0 Å². The molecular formula is C35H35NO6. The molecule has 0 amide bonds. The summed E-state index contributed by atoms with van der Waals surface area (Å²) < 4.78 is 35.0. The molecule has 1 aliphatic rings. The van der Waals surface area contributed by atoms with Crippen molar-refractivity contribution in [2.75, 3.05) is 39.6 Å². The maximum absolute atomic E-state index is 6.26. The summed E-state index contributed by atoms with van der Waals surface area (Å²) in [7, 11) is 0. The van der Waals surface area contributed by atoms with Gasteiger partial charge in [0.05, 0.1) is 19.8 Å². The molecule has 4 aromatic rings. The van der Waals surface area contributed by atoms with E-state index in [1.807, 2.05) is 91.0 Å². The van der Waals surface area contributed by atoms with Crippen molar-refractivity contribution in [3.63, 3.8) is 0 Å². The van der Waals surface area contributed by atoms with Gasteiger partial charge in [-0.25, -0.2) is 4.98 Å². The van der Waals surface area contributed by atoms with Crippen molar-refractivity contribution in [2.45, 2.75) is 26.1 Å². The van der Waals surface area contributed by atoms with Crippen LogP contribution in [0.2, 0.25) is 0 Å². The Balaban J connectivity index is 1.27. The zero-order valence-electron chi connectivity index (χ0n) is 23.8. The average molecular weight is 566 g/mol. The third kappa shape index (κ3) is 8.74. The van der Waals surface area contributed by atoms with Gasteiger partial charge in [0, 0.05) is 17.2 Å². The van der Waals surface area contributed by atoms with Crippen molar-refractivity contribution in [2.24, 2.45) is 0 Å². The molecule has 5 rings (SSSR count). The summed E-state index contributed by atoms with van der Waals surface area (Å²) in [4.78, 5) is 4.74. The first-order valence-electron chi connectivity index (χ1n) is 14.2. The van der Waals surface area contributed by atoms with E-state index in [4.69, 9.17) is 33.4 Å². The van der Waals surface area contributed by atoms with Crippen LogP contribution in [0.1, 0.15) is 29.3 Å². The van der Waals surface area contributed by atoms with E-state index in [2.05, 4.69) is 18.8 Å². The monoisotopic (exact) mass is 565 g/mol. The Bertz CT molecular complexity index is 1440. The van der Waals surface area contributed by atoms with Gasteiger partial charge in [-0.15, -0.1) is 0 Å². The van der Waals surface area contributed by atoms with Gasteiger partial charge >= 0.3 is 0 Å². The highest BCUT2D eigenvalue weighted by Gasteiger charge is 2.17. The number of ether oxygens (including phenoxy) is 6. The molecule has 7 heteroatoms. The maximum atomic E-state index is 6.26. The van der Waals surface area contributed by atoms with Crippen molar-refractivity contribution in [1.29, 1.82) is 0 Å². The lowest BCUT2D eigenvalue weighted by molar-refractivity contribution is -0.102. The first-order valence-corrected chi connectivity index (χ1v) is 14.2. The van der Waals surface area contributed by atoms with Crippen LogP contribution in [0.25, 0.3) is 0 Å². The number of aromatic nitrogens is 1. The predicted octanol–water partition coefficient (Wildman–Crippen LogP) is 5.87. The fourth-order valence-corrected chi connectivity index (χ4v) is 4.32. The number of hydrogen-bond donors (Lipinski definition) is 0. The second-order valence-electron chi connectivity index (χ2n) is 9.58. The molecule has 1 atom stereocenters. The van der Waals surface area contributed by atoms with Crippen LogP contribution >= 0.6 is 0 Å². The Labute approximate surface area is 247 Å². The summed E-state index contributed by atoms with van der Waals surface area (Å²) in [6, 6.07) is 29.3. The number of rotatable bonds is 12. The van der Waals surface area contributed by atoms with E-state index < -0.39 is 0 Å². The fraction of sp³-hybridized carbons (Fsp3) is 0.286. The standard InChI is InChI=1S/C35H35NO6/c1-2-32-33(18-15-27-13-16-30(17-14-27)39-22-21-38-29-11-7-4-8-12-29)36-35(42-26-31-25-37-19-20-40-31)23-34(32)41-24-28-9-5-3-6-10-28/h3-14,16-17,23,31H,2,19-22,24-26H2,1H3. The number of pyridine rings is 1.